The van der Waals surface area contributed by atoms with Gasteiger partial charge in [-0.25, -0.2) is 8.42 Å². The lowest BCUT2D eigenvalue weighted by Crippen LogP contribution is -2.17. The van der Waals surface area contributed by atoms with Crippen LogP contribution in [0.4, 0.5) is 0 Å². The molecular weight excluding hydrogens is 364 g/mol. The minimum absolute atomic E-state index is 0.0877. The Bertz CT molecular complexity index is 1110. The second kappa shape index (κ2) is 5.97. The van der Waals surface area contributed by atoms with Crippen LogP contribution in [-0.4, -0.2) is 8.42 Å². The molecule has 4 heteroatoms. The second-order valence-electron chi connectivity index (χ2n) is 8.94. The van der Waals surface area contributed by atoms with E-state index in [0.29, 0.717) is 0 Å². The van der Waals surface area contributed by atoms with Gasteiger partial charge in [0.15, 0.2) is 0 Å². The van der Waals surface area contributed by atoms with Crippen molar-refractivity contribution >= 4 is 41.3 Å². The molecule has 0 saturated heterocycles. The standard InChI is InChI=1S/C22H25ClO2S/c1-21(2,3)19-15-9-7-8-10-16(15)20(22(4,5)6)18-13-14(26(23,24)25)11-12-17(18)19/h7-13H,1-6H3. The molecule has 0 saturated carbocycles. The smallest absolute Gasteiger partial charge is 0.207 e. The van der Waals surface area contributed by atoms with E-state index in [-0.39, 0.29) is 15.7 Å². The van der Waals surface area contributed by atoms with Gasteiger partial charge in [-0.2, -0.15) is 0 Å². The van der Waals surface area contributed by atoms with E-state index in [1.165, 1.54) is 16.3 Å². The van der Waals surface area contributed by atoms with Crippen molar-refractivity contribution in [1.82, 2.24) is 0 Å². The quantitative estimate of drug-likeness (QED) is 0.351. The second-order valence-corrected chi connectivity index (χ2v) is 11.5. The first-order valence-electron chi connectivity index (χ1n) is 8.76. The molecule has 0 unspecified atom stereocenters. The first-order valence-corrected chi connectivity index (χ1v) is 11.1. The SMILES string of the molecule is CC(C)(C)c1c2ccccc2c(C(C)(C)C)c2cc(S(=O)(=O)Cl)ccc12. The summed E-state index contributed by atoms with van der Waals surface area (Å²) in [5, 5.41) is 4.44. The molecule has 26 heavy (non-hydrogen) atoms. The van der Waals surface area contributed by atoms with E-state index < -0.39 is 9.05 Å². The molecule has 0 atom stereocenters. The zero-order valence-electron chi connectivity index (χ0n) is 16.1. The van der Waals surface area contributed by atoms with E-state index >= 15 is 0 Å². The first kappa shape index (κ1) is 19.2. The van der Waals surface area contributed by atoms with Gasteiger partial charge >= 0.3 is 0 Å². The van der Waals surface area contributed by atoms with Crippen molar-refractivity contribution in [1.29, 1.82) is 0 Å². The zero-order chi connectivity index (χ0) is 19.5. The Hall–Kier alpha value is -1.58. The summed E-state index contributed by atoms with van der Waals surface area (Å²) in [6.45, 7) is 13.1. The Morgan fingerprint density at radius 1 is 0.692 bits per heavy atom. The topological polar surface area (TPSA) is 34.1 Å². The fraction of sp³-hybridized carbons (Fsp3) is 0.364. The number of hydrogen-bond donors (Lipinski definition) is 0. The van der Waals surface area contributed by atoms with Crippen LogP contribution in [0.15, 0.2) is 47.4 Å². The van der Waals surface area contributed by atoms with Crippen molar-refractivity contribution in [2.24, 2.45) is 0 Å². The average molecular weight is 389 g/mol. The third-order valence-electron chi connectivity index (χ3n) is 4.78. The van der Waals surface area contributed by atoms with Crippen molar-refractivity contribution in [2.75, 3.05) is 0 Å². The van der Waals surface area contributed by atoms with Crippen LogP contribution < -0.4 is 0 Å². The molecule has 0 bridgehead atoms. The fourth-order valence-electron chi connectivity index (χ4n) is 3.93. The lowest BCUT2D eigenvalue weighted by Gasteiger charge is -2.30. The molecular formula is C22H25ClO2S. The van der Waals surface area contributed by atoms with E-state index in [1.807, 2.05) is 12.1 Å². The van der Waals surface area contributed by atoms with Gasteiger partial charge in [0, 0.05) is 10.7 Å². The Morgan fingerprint density at radius 3 is 1.54 bits per heavy atom. The Balaban J connectivity index is 2.68. The summed E-state index contributed by atoms with van der Waals surface area (Å²) < 4.78 is 23.9. The highest BCUT2D eigenvalue weighted by Gasteiger charge is 2.28. The highest BCUT2D eigenvalue weighted by Crippen LogP contribution is 2.44. The van der Waals surface area contributed by atoms with Gasteiger partial charge in [-0.05, 0) is 55.6 Å². The van der Waals surface area contributed by atoms with Crippen LogP contribution in [-0.2, 0) is 19.9 Å². The molecule has 0 fully saturated rings. The van der Waals surface area contributed by atoms with Crippen molar-refractivity contribution in [3.8, 4) is 0 Å². The predicted molar refractivity (Wildman–Crippen MR) is 112 cm³/mol. The largest absolute Gasteiger partial charge is 0.261 e. The minimum Gasteiger partial charge on any atom is -0.207 e. The normalized spacial score (nSPS) is 13.5. The van der Waals surface area contributed by atoms with Crippen LogP contribution in [0.3, 0.4) is 0 Å². The number of fused-ring (bicyclic) bond motifs is 2. The van der Waals surface area contributed by atoms with Gasteiger partial charge in [-0.15, -0.1) is 0 Å². The maximum Gasteiger partial charge on any atom is 0.261 e. The van der Waals surface area contributed by atoms with Gasteiger partial charge in [0.1, 0.15) is 0 Å². The molecule has 0 aliphatic carbocycles. The van der Waals surface area contributed by atoms with Gasteiger partial charge in [0.2, 0.25) is 0 Å². The van der Waals surface area contributed by atoms with Crippen LogP contribution in [0.5, 0.6) is 0 Å². The van der Waals surface area contributed by atoms with Crippen molar-refractivity contribution in [3.63, 3.8) is 0 Å². The summed E-state index contributed by atoms with van der Waals surface area (Å²) in [7, 11) is 1.86. The summed E-state index contributed by atoms with van der Waals surface area (Å²) in [6, 6.07) is 13.7. The Labute approximate surface area is 160 Å². The maximum absolute atomic E-state index is 11.9. The molecule has 0 heterocycles. The number of benzene rings is 3. The molecule has 0 N–H and O–H groups in total. The summed E-state index contributed by atoms with van der Waals surface area (Å²) in [5.74, 6) is 0. The number of hydrogen-bond acceptors (Lipinski definition) is 2. The fourth-order valence-corrected chi connectivity index (χ4v) is 4.70. The average Bonchev–Trinajstić information content (AvgIpc) is 2.48. The minimum atomic E-state index is -3.79. The maximum atomic E-state index is 11.9. The predicted octanol–water partition coefficient (Wildman–Crippen LogP) is 6.52. The van der Waals surface area contributed by atoms with E-state index in [1.54, 1.807) is 12.1 Å². The summed E-state index contributed by atoms with van der Waals surface area (Å²) in [5.41, 5.74) is 2.14. The molecule has 3 rings (SSSR count). The number of rotatable bonds is 1. The van der Waals surface area contributed by atoms with Crippen LogP contribution in [0.1, 0.15) is 52.7 Å². The molecule has 3 aromatic rings. The Morgan fingerprint density at radius 2 is 1.12 bits per heavy atom. The third-order valence-corrected chi connectivity index (χ3v) is 6.13. The molecule has 0 aromatic heterocycles. The van der Waals surface area contributed by atoms with E-state index in [4.69, 9.17) is 10.7 Å². The summed E-state index contributed by atoms with van der Waals surface area (Å²) in [6.07, 6.45) is 0. The van der Waals surface area contributed by atoms with Crippen molar-refractivity contribution < 1.29 is 8.42 Å². The highest BCUT2D eigenvalue weighted by molar-refractivity contribution is 8.13. The first-order chi connectivity index (χ1) is 11.8. The molecule has 0 aliphatic heterocycles. The molecule has 138 valence electrons. The monoisotopic (exact) mass is 388 g/mol. The van der Waals surface area contributed by atoms with Crippen molar-refractivity contribution in [3.05, 3.63) is 53.6 Å². The summed E-state index contributed by atoms with van der Waals surface area (Å²) >= 11 is 0. The van der Waals surface area contributed by atoms with Gasteiger partial charge in [-0.3, -0.25) is 0 Å². The molecule has 0 radical (unpaired) electrons. The van der Waals surface area contributed by atoms with Gasteiger partial charge in [-0.1, -0.05) is 71.9 Å². The molecule has 3 aromatic carbocycles. The van der Waals surface area contributed by atoms with Crippen LogP contribution in [0.25, 0.3) is 21.5 Å². The zero-order valence-corrected chi connectivity index (χ0v) is 17.7. The lowest BCUT2D eigenvalue weighted by atomic mass is 9.74. The molecule has 0 aliphatic rings. The third kappa shape index (κ3) is 3.23. The van der Waals surface area contributed by atoms with E-state index in [0.717, 1.165) is 16.3 Å². The molecule has 2 nitrogen and oxygen atoms in total. The van der Waals surface area contributed by atoms with Crippen LogP contribution >= 0.6 is 10.7 Å². The lowest BCUT2D eigenvalue weighted by molar-refractivity contribution is 0.593. The molecule has 0 spiro atoms. The highest BCUT2D eigenvalue weighted by atomic mass is 35.7. The van der Waals surface area contributed by atoms with Crippen LogP contribution in [0.2, 0.25) is 0 Å². The van der Waals surface area contributed by atoms with Gasteiger partial charge in [0.05, 0.1) is 4.90 Å². The van der Waals surface area contributed by atoms with Gasteiger partial charge in [0.25, 0.3) is 9.05 Å². The van der Waals surface area contributed by atoms with E-state index in [9.17, 15) is 8.42 Å². The summed E-state index contributed by atoms with van der Waals surface area (Å²) in [4.78, 5) is 0.146. The van der Waals surface area contributed by atoms with E-state index in [2.05, 4.69) is 59.7 Å². The van der Waals surface area contributed by atoms with Crippen LogP contribution in [0, 0.1) is 0 Å². The van der Waals surface area contributed by atoms with Crippen molar-refractivity contribution in [2.45, 2.75) is 57.3 Å². The number of halogens is 1. The molecule has 0 amide bonds. The Kier molecular flexibility index (Phi) is 4.40. The van der Waals surface area contributed by atoms with Gasteiger partial charge < -0.3 is 0 Å².